The fourth-order valence-electron chi connectivity index (χ4n) is 2.95. The third-order valence-corrected chi connectivity index (χ3v) is 4.24. The summed E-state index contributed by atoms with van der Waals surface area (Å²) in [5, 5.41) is 11.8. The molecule has 2 N–H and O–H groups in total. The molecule has 1 atom stereocenters. The first-order valence-corrected chi connectivity index (χ1v) is 8.30. The number of nitrogens with one attached hydrogen (secondary N) is 1. The predicted octanol–water partition coefficient (Wildman–Crippen LogP) is 1.94. The van der Waals surface area contributed by atoms with Gasteiger partial charge in [-0.2, -0.15) is 0 Å². The van der Waals surface area contributed by atoms with Crippen molar-refractivity contribution < 1.29 is 23.9 Å². The highest BCUT2D eigenvalue weighted by Gasteiger charge is 2.28. The van der Waals surface area contributed by atoms with Crippen molar-refractivity contribution in [3.05, 3.63) is 23.2 Å². The molecule has 0 spiro atoms. The lowest BCUT2D eigenvalue weighted by Gasteiger charge is -2.32. The number of hydrogen-bond donors (Lipinski definition) is 2. The molecule has 1 saturated heterocycles. The van der Waals surface area contributed by atoms with Crippen LogP contribution in [0.5, 0.6) is 0 Å². The van der Waals surface area contributed by atoms with E-state index in [4.69, 9.17) is 9.52 Å². The molecule has 1 aromatic heterocycles. The van der Waals surface area contributed by atoms with Crippen LogP contribution in [0.3, 0.4) is 0 Å². The van der Waals surface area contributed by atoms with Gasteiger partial charge in [-0.25, -0.2) is 4.79 Å². The summed E-state index contributed by atoms with van der Waals surface area (Å²) in [6, 6.07) is 1.43. The van der Waals surface area contributed by atoms with E-state index in [1.54, 1.807) is 11.8 Å². The summed E-state index contributed by atoms with van der Waals surface area (Å²) in [7, 11) is 0. The van der Waals surface area contributed by atoms with Gasteiger partial charge in [0.15, 0.2) is 0 Å². The minimum Gasteiger partial charge on any atom is -0.478 e. The molecular formula is C17H24N2O5. The van der Waals surface area contributed by atoms with Crippen LogP contribution in [0.2, 0.25) is 0 Å². The highest BCUT2D eigenvalue weighted by Crippen LogP contribution is 2.19. The molecule has 2 rings (SSSR count). The molecule has 0 aliphatic carbocycles. The van der Waals surface area contributed by atoms with E-state index in [0.29, 0.717) is 31.0 Å². The molecule has 0 bridgehead atoms. The molecule has 0 aromatic carbocycles. The average molecular weight is 336 g/mol. The van der Waals surface area contributed by atoms with Gasteiger partial charge >= 0.3 is 5.97 Å². The van der Waals surface area contributed by atoms with E-state index in [2.05, 4.69) is 5.32 Å². The molecule has 1 fully saturated rings. The Bertz CT molecular complexity index is 622. The molecule has 2 heterocycles. The van der Waals surface area contributed by atoms with Crippen LogP contribution in [0.4, 0.5) is 0 Å². The van der Waals surface area contributed by atoms with Gasteiger partial charge in [-0.3, -0.25) is 9.59 Å². The highest BCUT2D eigenvalue weighted by atomic mass is 16.4. The molecule has 0 radical (unpaired) electrons. The lowest BCUT2D eigenvalue weighted by Crippen LogP contribution is -2.45. The summed E-state index contributed by atoms with van der Waals surface area (Å²) < 4.78 is 5.34. The number of furan rings is 1. The maximum Gasteiger partial charge on any atom is 0.339 e. The van der Waals surface area contributed by atoms with E-state index in [-0.39, 0.29) is 29.8 Å². The van der Waals surface area contributed by atoms with Crippen molar-refractivity contribution in [2.45, 2.75) is 46.1 Å². The monoisotopic (exact) mass is 336 g/mol. The topological polar surface area (TPSA) is 99.9 Å². The molecule has 7 heteroatoms. The van der Waals surface area contributed by atoms with Gasteiger partial charge in [0.1, 0.15) is 17.1 Å². The summed E-state index contributed by atoms with van der Waals surface area (Å²) in [4.78, 5) is 37.0. The molecule has 1 unspecified atom stereocenters. The summed E-state index contributed by atoms with van der Waals surface area (Å²) in [5.41, 5.74) is 0.105. The maximum absolute atomic E-state index is 12.3. The molecule has 7 nitrogen and oxygen atoms in total. The zero-order valence-corrected chi connectivity index (χ0v) is 14.1. The van der Waals surface area contributed by atoms with E-state index < -0.39 is 5.97 Å². The van der Waals surface area contributed by atoms with Crippen LogP contribution in [0.1, 0.15) is 54.5 Å². The second kappa shape index (κ2) is 7.99. The molecule has 132 valence electrons. The minimum atomic E-state index is -1.05. The molecule has 2 amide bonds. The van der Waals surface area contributed by atoms with Crippen LogP contribution in [0.25, 0.3) is 0 Å². The highest BCUT2D eigenvalue weighted by molar-refractivity contribution is 5.88. The van der Waals surface area contributed by atoms with Crippen LogP contribution in [0.15, 0.2) is 10.5 Å². The molecular weight excluding hydrogens is 312 g/mol. The number of amides is 2. The fourth-order valence-corrected chi connectivity index (χ4v) is 2.95. The Morgan fingerprint density at radius 3 is 2.79 bits per heavy atom. The standard InChI is InChI=1S/C17H24N2O5/c1-3-5-15(20)19-7-4-6-12(10-19)16(21)18-9-13-8-14(17(22)23)11(2)24-13/h8,12H,3-7,9-10H2,1-2H3,(H,18,21)(H,22,23). The molecule has 1 aliphatic rings. The lowest BCUT2D eigenvalue weighted by molar-refractivity contribution is -0.135. The third kappa shape index (κ3) is 4.37. The van der Waals surface area contributed by atoms with Crippen molar-refractivity contribution in [2.24, 2.45) is 5.92 Å². The van der Waals surface area contributed by atoms with Crippen LogP contribution in [-0.4, -0.2) is 40.9 Å². The first kappa shape index (κ1) is 18.0. The van der Waals surface area contributed by atoms with Gasteiger partial charge in [-0.1, -0.05) is 6.92 Å². The van der Waals surface area contributed by atoms with Gasteiger partial charge in [-0.05, 0) is 32.3 Å². The van der Waals surface area contributed by atoms with Crippen molar-refractivity contribution >= 4 is 17.8 Å². The van der Waals surface area contributed by atoms with Crippen molar-refractivity contribution in [1.82, 2.24) is 10.2 Å². The molecule has 1 aliphatic heterocycles. The van der Waals surface area contributed by atoms with Crippen molar-refractivity contribution in [1.29, 1.82) is 0 Å². The Kier molecular flexibility index (Phi) is 6.00. The molecule has 24 heavy (non-hydrogen) atoms. The number of aryl methyl sites for hydroxylation is 1. The number of hydrogen-bond acceptors (Lipinski definition) is 4. The Hall–Kier alpha value is -2.31. The number of likely N-dealkylation sites (tertiary alicyclic amines) is 1. The van der Waals surface area contributed by atoms with Crippen molar-refractivity contribution in [3.8, 4) is 0 Å². The minimum absolute atomic E-state index is 0.0998. The normalized spacial score (nSPS) is 17.6. The number of aromatic carboxylic acids is 1. The average Bonchev–Trinajstić information content (AvgIpc) is 2.94. The first-order valence-electron chi connectivity index (χ1n) is 8.30. The maximum atomic E-state index is 12.3. The fraction of sp³-hybridized carbons (Fsp3) is 0.588. The number of nitrogens with zero attached hydrogens (tertiary/aromatic N) is 1. The molecule has 0 saturated carbocycles. The van der Waals surface area contributed by atoms with Crippen LogP contribution in [-0.2, 0) is 16.1 Å². The number of carbonyl (C=O) groups is 3. The summed E-state index contributed by atoms with van der Waals surface area (Å²) in [6.07, 6.45) is 2.88. The summed E-state index contributed by atoms with van der Waals surface area (Å²) in [5.74, 6) is -0.577. The third-order valence-electron chi connectivity index (χ3n) is 4.24. The number of carboxylic acid groups (broad SMARTS) is 1. The van der Waals surface area contributed by atoms with E-state index >= 15 is 0 Å². The van der Waals surface area contributed by atoms with Gasteiger partial charge in [0, 0.05) is 19.5 Å². The Labute approximate surface area is 141 Å². The van der Waals surface area contributed by atoms with Crippen LogP contribution >= 0.6 is 0 Å². The van der Waals surface area contributed by atoms with Gasteiger partial charge in [-0.15, -0.1) is 0 Å². The van der Waals surface area contributed by atoms with E-state index in [1.807, 2.05) is 6.92 Å². The number of carboxylic acids is 1. The summed E-state index contributed by atoms with van der Waals surface area (Å²) >= 11 is 0. The predicted molar refractivity (Wildman–Crippen MR) is 86.5 cm³/mol. The van der Waals surface area contributed by atoms with Crippen LogP contribution in [0, 0.1) is 12.8 Å². The van der Waals surface area contributed by atoms with Crippen LogP contribution < -0.4 is 5.32 Å². The lowest BCUT2D eigenvalue weighted by atomic mass is 9.96. The first-order chi connectivity index (χ1) is 11.4. The second-order valence-electron chi connectivity index (χ2n) is 6.13. The zero-order chi connectivity index (χ0) is 17.7. The largest absolute Gasteiger partial charge is 0.478 e. The summed E-state index contributed by atoms with van der Waals surface area (Å²) in [6.45, 7) is 4.84. The molecule has 1 aromatic rings. The van der Waals surface area contributed by atoms with Crippen molar-refractivity contribution in [2.75, 3.05) is 13.1 Å². The number of rotatable bonds is 6. The van der Waals surface area contributed by atoms with Gasteiger partial charge in [0.2, 0.25) is 11.8 Å². The zero-order valence-electron chi connectivity index (χ0n) is 14.1. The Balaban J connectivity index is 1.89. The van der Waals surface area contributed by atoms with E-state index in [1.165, 1.54) is 6.07 Å². The SMILES string of the molecule is CCCC(=O)N1CCCC(C(=O)NCc2cc(C(=O)O)c(C)o2)C1. The van der Waals surface area contributed by atoms with Gasteiger partial charge < -0.3 is 19.7 Å². The smallest absolute Gasteiger partial charge is 0.339 e. The number of carbonyl (C=O) groups excluding carboxylic acids is 2. The Morgan fingerprint density at radius 1 is 1.42 bits per heavy atom. The van der Waals surface area contributed by atoms with Gasteiger partial charge in [0.25, 0.3) is 0 Å². The quantitative estimate of drug-likeness (QED) is 0.827. The number of piperidine rings is 1. The Morgan fingerprint density at radius 2 is 2.17 bits per heavy atom. The van der Waals surface area contributed by atoms with Crippen molar-refractivity contribution in [3.63, 3.8) is 0 Å². The van der Waals surface area contributed by atoms with E-state index in [9.17, 15) is 14.4 Å². The van der Waals surface area contributed by atoms with Gasteiger partial charge in [0.05, 0.1) is 12.5 Å². The second-order valence-corrected chi connectivity index (χ2v) is 6.13. The van der Waals surface area contributed by atoms with E-state index in [0.717, 1.165) is 19.3 Å².